The van der Waals surface area contributed by atoms with Crippen LogP contribution in [0.4, 0.5) is 0 Å². The molecule has 0 bridgehead atoms. The van der Waals surface area contributed by atoms with Crippen molar-refractivity contribution >= 4 is 34.1 Å². The highest BCUT2D eigenvalue weighted by atomic mass is 32.1. The first kappa shape index (κ1) is 30.4. The van der Waals surface area contributed by atoms with Crippen molar-refractivity contribution in [3.05, 3.63) is 52.0 Å². The van der Waals surface area contributed by atoms with Gasteiger partial charge in [-0.1, -0.05) is 33.8 Å². The Balaban J connectivity index is 1.53. The Bertz CT molecular complexity index is 1250. The van der Waals surface area contributed by atoms with Crippen molar-refractivity contribution in [3.8, 4) is 0 Å². The minimum Gasteiger partial charge on any atom is -0.375 e. The SMILES string of the molecule is CCC(CC)n1c(Cc2cccs2)nc2cc(C(=O)C[C@@H](CC(C)C)C(=O)N3CCC(OC(C)C)CC3)ccc21. The minimum absolute atomic E-state index is 0.0239. The molecule has 0 saturated carbocycles. The summed E-state index contributed by atoms with van der Waals surface area (Å²) >= 11 is 1.75. The maximum atomic E-state index is 13.6. The third-order valence-electron chi connectivity index (χ3n) is 8.06. The van der Waals surface area contributed by atoms with Crippen molar-refractivity contribution in [3.63, 3.8) is 0 Å². The zero-order valence-corrected chi connectivity index (χ0v) is 26.0. The second-order valence-corrected chi connectivity index (χ2v) is 13.0. The molecule has 0 aliphatic carbocycles. The van der Waals surface area contributed by atoms with E-state index in [2.05, 4.69) is 69.7 Å². The fourth-order valence-electron chi connectivity index (χ4n) is 6.11. The van der Waals surface area contributed by atoms with Gasteiger partial charge in [0.15, 0.2) is 5.78 Å². The van der Waals surface area contributed by atoms with E-state index >= 15 is 0 Å². The van der Waals surface area contributed by atoms with Crippen molar-refractivity contribution in [1.82, 2.24) is 14.5 Å². The molecule has 4 rings (SSSR count). The zero-order valence-electron chi connectivity index (χ0n) is 25.2. The number of fused-ring (bicyclic) bond motifs is 1. The maximum absolute atomic E-state index is 13.6. The number of hydrogen-bond donors (Lipinski definition) is 0. The van der Waals surface area contributed by atoms with E-state index in [-0.39, 0.29) is 36.2 Å². The molecule has 1 aliphatic heterocycles. The summed E-state index contributed by atoms with van der Waals surface area (Å²) in [6.45, 7) is 14.2. The highest BCUT2D eigenvalue weighted by Gasteiger charge is 2.31. The molecule has 0 spiro atoms. The molecular formula is C33H47N3O3S. The number of likely N-dealkylation sites (tertiary alicyclic amines) is 1. The van der Waals surface area contributed by atoms with E-state index in [4.69, 9.17) is 9.72 Å². The number of hydrogen-bond acceptors (Lipinski definition) is 5. The summed E-state index contributed by atoms with van der Waals surface area (Å²) in [5.41, 5.74) is 2.59. The lowest BCUT2D eigenvalue weighted by molar-refractivity contribution is -0.139. The van der Waals surface area contributed by atoms with E-state index in [0.717, 1.165) is 49.0 Å². The van der Waals surface area contributed by atoms with E-state index in [1.54, 1.807) is 11.3 Å². The summed E-state index contributed by atoms with van der Waals surface area (Å²) in [4.78, 5) is 35.5. The molecule has 2 aromatic heterocycles. The summed E-state index contributed by atoms with van der Waals surface area (Å²) in [6, 6.07) is 10.5. The quantitative estimate of drug-likeness (QED) is 0.199. The molecule has 0 unspecified atom stereocenters. The zero-order chi connectivity index (χ0) is 28.8. The fourth-order valence-corrected chi connectivity index (χ4v) is 6.82. The van der Waals surface area contributed by atoms with Gasteiger partial charge < -0.3 is 14.2 Å². The predicted octanol–water partition coefficient (Wildman–Crippen LogP) is 7.70. The Morgan fingerprint density at radius 1 is 1.07 bits per heavy atom. The molecule has 1 atom stereocenters. The molecule has 6 nitrogen and oxygen atoms in total. The van der Waals surface area contributed by atoms with Crippen LogP contribution in [-0.2, 0) is 16.0 Å². The van der Waals surface area contributed by atoms with Crippen molar-refractivity contribution in [2.75, 3.05) is 13.1 Å². The Morgan fingerprint density at radius 2 is 1.80 bits per heavy atom. The van der Waals surface area contributed by atoms with Gasteiger partial charge in [-0.2, -0.15) is 0 Å². The highest BCUT2D eigenvalue weighted by Crippen LogP contribution is 2.30. The summed E-state index contributed by atoms with van der Waals surface area (Å²) < 4.78 is 8.35. The van der Waals surface area contributed by atoms with Crippen LogP contribution in [0.3, 0.4) is 0 Å². The van der Waals surface area contributed by atoms with Crippen LogP contribution in [0, 0.1) is 11.8 Å². The van der Waals surface area contributed by atoms with Gasteiger partial charge in [-0.05, 0) is 81.5 Å². The van der Waals surface area contributed by atoms with E-state index < -0.39 is 0 Å². The van der Waals surface area contributed by atoms with Crippen LogP contribution in [0.1, 0.15) is 107 Å². The number of benzene rings is 1. The molecule has 1 aromatic carbocycles. The van der Waals surface area contributed by atoms with E-state index in [1.807, 2.05) is 17.0 Å². The van der Waals surface area contributed by atoms with Gasteiger partial charge in [0.1, 0.15) is 5.82 Å². The number of ether oxygens (including phenoxy) is 1. The number of amides is 1. The van der Waals surface area contributed by atoms with Gasteiger partial charge in [0.05, 0.1) is 23.2 Å². The molecule has 1 saturated heterocycles. The number of Topliss-reactive ketones (excluding diaryl/α,β-unsaturated/α-hetero) is 1. The van der Waals surface area contributed by atoms with Crippen LogP contribution in [-0.4, -0.2) is 51.4 Å². The Labute approximate surface area is 244 Å². The normalized spacial score (nSPS) is 15.6. The van der Waals surface area contributed by atoms with E-state index in [9.17, 15) is 9.59 Å². The summed E-state index contributed by atoms with van der Waals surface area (Å²) in [6.07, 6.45) is 5.92. The minimum atomic E-state index is -0.303. The van der Waals surface area contributed by atoms with Gasteiger partial charge in [-0.15, -0.1) is 11.3 Å². The third kappa shape index (κ3) is 7.41. The first-order valence-corrected chi connectivity index (χ1v) is 16.1. The highest BCUT2D eigenvalue weighted by molar-refractivity contribution is 7.09. The van der Waals surface area contributed by atoms with Gasteiger partial charge in [0.25, 0.3) is 0 Å². The van der Waals surface area contributed by atoms with Gasteiger partial charge >= 0.3 is 0 Å². The number of ketones is 1. The number of piperidine rings is 1. The largest absolute Gasteiger partial charge is 0.375 e. The van der Waals surface area contributed by atoms with Crippen LogP contribution in [0.15, 0.2) is 35.7 Å². The maximum Gasteiger partial charge on any atom is 0.226 e. The predicted molar refractivity (Wildman–Crippen MR) is 164 cm³/mol. The number of thiophene rings is 1. The van der Waals surface area contributed by atoms with Crippen LogP contribution < -0.4 is 0 Å². The molecule has 7 heteroatoms. The first-order chi connectivity index (χ1) is 19.2. The fraction of sp³-hybridized carbons (Fsp3) is 0.606. The summed E-state index contributed by atoms with van der Waals surface area (Å²) in [7, 11) is 0. The third-order valence-corrected chi connectivity index (χ3v) is 8.94. The molecule has 0 N–H and O–H groups in total. The number of imidazole rings is 1. The van der Waals surface area contributed by atoms with Crippen LogP contribution in [0.5, 0.6) is 0 Å². The average molecular weight is 566 g/mol. The Morgan fingerprint density at radius 3 is 2.40 bits per heavy atom. The molecule has 1 fully saturated rings. The molecule has 40 heavy (non-hydrogen) atoms. The van der Waals surface area contributed by atoms with Gasteiger partial charge in [-0.3, -0.25) is 9.59 Å². The first-order valence-electron chi connectivity index (χ1n) is 15.2. The summed E-state index contributed by atoms with van der Waals surface area (Å²) in [5.74, 6) is 1.22. The molecular weight excluding hydrogens is 518 g/mol. The number of nitrogens with zero attached hydrogens (tertiary/aromatic N) is 3. The summed E-state index contributed by atoms with van der Waals surface area (Å²) in [5, 5.41) is 2.10. The lowest BCUT2D eigenvalue weighted by atomic mass is 9.88. The number of carbonyl (C=O) groups is 2. The number of rotatable bonds is 13. The molecule has 218 valence electrons. The lowest BCUT2D eigenvalue weighted by Gasteiger charge is -2.35. The standard InChI is InChI=1S/C33H47N3O3S/c1-7-26(8-2)36-30-12-11-24(19-29(30)34-32(36)21-28-10-9-17-40-28)31(37)20-25(18-22(3)4)33(38)35-15-13-27(14-16-35)39-23(5)6/h9-12,17,19,22-23,25-27H,7-8,13-16,18,20-21H2,1-6H3/t25-/m1/s1. The second kappa shape index (κ2) is 13.9. The topological polar surface area (TPSA) is 64.4 Å². The van der Waals surface area contributed by atoms with Gasteiger partial charge in [0, 0.05) is 48.3 Å². The van der Waals surface area contributed by atoms with Crippen LogP contribution in [0.25, 0.3) is 11.0 Å². The van der Waals surface area contributed by atoms with Gasteiger partial charge in [0.2, 0.25) is 5.91 Å². The molecule has 3 heterocycles. The van der Waals surface area contributed by atoms with Crippen LogP contribution in [0.2, 0.25) is 0 Å². The average Bonchev–Trinajstić information content (AvgIpc) is 3.56. The smallest absolute Gasteiger partial charge is 0.226 e. The van der Waals surface area contributed by atoms with Crippen molar-refractivity contribution in [2.24, 2.45) is 11.8 Å². The van der Waals surface area contributed by atoms with E-state index in [0.29, 0.717) is 37.0 Å². The van der Waals surface area contributed by atoms with E-state index in [1.165, 1.54) is 4.88 Å². The van der Waals surface area contributed by atoms with Crippen molar-refractivity contribution < 1.29 is 14.3 Å². The molecule has 3 aromatic rings. The van der Waals surface area contributed by atoms with Crippen molar-refractivity contribution in [1.29, 1.82) is 0 Å². The number of aromatic nitrogens is 2. The Kier molecular flexibility index (Phi) is 10.6. The van der Waals surface area contributed by atoms with Crippen molar-refractivity contribution in [2.45, 2.75) is 105 Å². The molecule has 0 radical (unpaired) electrons. The Hall–Kier alpha value is -2.51. The number of carbonyl (C=O) groups excluding carboxylic acids is 2. The molecule has 1 aliphatic rings. The van der Waals surface area contributed by atoms with Gasteiger partial charge in [-0.25, -0.2) is 4.98 Å². The molecule has 1 amide bonds. The van der Waals surface area contributed by atoms with Crippen LogP contribution >= 0.6 is 11.3 Å². The lowest BCUT2D eigenvalue weighted by Crippen LogP contribution is -2.44. The second-order valence-electron chi connectivity index (χ2n) is 12.0. The monoisotopic (exact) mass is 565 g/mol.